The normalized spacial score (nSPS) is 14.5. The zero-order valence-electron chi connectivity index (χ0n) is 22.5. The largest absolute Gasteiger partial charge is 0.497 e. The molecular weight excluding hydrogens is 460 g/mol. The van der Waals surface area contributed by atoms with Crippen LogP contribution in [0.25, 0.3) is 28.0 Å². The number of piperazine rings is 1. The standard InChI is InChI=1S/C31H36N4O2/c1-21(2)31(36)34-15-13-33(14-16-34)20-28-30(24-7-6-8-26(18-24)37-5)32-29-12-11-25(19-35(28)29)27-17-22(3)9-10-23(27)4/h6-12,17-19,21H,13-16,20H2,1-5H3. The van der Waals surface area contributed by atoms with E-state index in [2.05, 4.69) is 71.8 Å². The van der Waals surface area contributed by atoms with Crippen molar-refractivity contribution in [3.05, 3.63) is 77.6 Å². The van der Waals surface area contributed by atoms with Crippen LogP contribution in [0, 0.1) is 19.8 Å². The maximum atomic E-state index is 12.5. The zero-order chi connectivity index (χ0) is 26.1. The predicted molar refractivity (Wildman–Crippen MR) is 149 cm³/mol. The van der Waals surface area contributed by atoms with E-state index < -0.39 is 0 Å². The average Bonchev–Trinajstić information content (AvgIpc) is 3.27. The number of amides is 1. The van der Waals surface area contributed by atoms with Crippen molar-refractivity contribution in [2.45, 2.75) is 34.2 Å². The van der Waals surface area contributed by atoms with E-state index >= 15 is 0 Å². The van der Waals surface area contributed by atoms with Crippen molar-refractivity contribution in [1.29, 1.82) is 0 Å². The first-order valence-corrected chi connectivity index (χ1v) is 13.1. The van der Waals surface area contributed by atoms with Gasteiger partial charge in [0.1, 0.15) is 11.4 Å². The van der Waals surface area contributed by atoms with Gasteiger partial charge in [0.15, 0.2) is 0 Å². The van der Waals surface area contributed by atoms with Crippen LogP contribution in [-0.4, -0.2) is 58.4 Å². The van der Waals surface area contributed by atoms with Crippen LogP contribution < -0.4 is 4.74 Å². The molecule has 1 amide bonds. The summed E-state index contributed by atoms with van der Waals surface area (Å²) in [4.78, 5) is 22.0. The van der Waals surface area contributed by atoms with Crippen molar-refractivity contribution >= 4 is 11.6 Å². The molecule has 1 saturated heterocycles. The molecule has 3 heterocycles. The number of aryl methyl sites for hydroxylation is 2. The Balaban J connectivity index is 1.55. The highest BCUT2D eigenvalue weighted by atomic mass is 16.5. The number of benzene rings is 2. The van der Waals surface area contributed by atoms with Gasteiger partial charge in [0, 0.05) is 50.4 Å². The number of imidazole rings is 1. The Morgan fingerprint density at radius 1 is 0.973 bits per heavy atom. The van der Waals surface area contributed by atoms with Crippen LogP contribution in [0.1, 0.15) is 30.7 Å². The first-order chi connectivity index (χ1) is 17.8. The van der Waals surface area contributed by atoms with E-state index in [4.69, 9.17) is 9.72 Å². The second kappa shape index (κ2) is 10.4. The van der Waals surface area contributed by atoms with Gasteiger partial charge in [0.05, 0.1) is 18.5 Å². The summed E-state index contributed by atoms with van der Waals surface area (Å²) in [6.07, 6.45) is 2.22. The summed E-state index contributed by atoms with van der Waals surface area (Å²) < 4.78 is 7.76. The highest BCUT2D eigenvalue weighted by Crippen LogP contribution is 2.31. The highest BCUT2D eigenvalue weighted by molar-refractivity contribution is 5.78. The fourth-order valence-corrected chi connectivity index (χ4v) is 5.16. The number of aromatic nitrogens is 2. The number of ether oxygens (including phenoxy) is 1. The lowest BCUT2D eigenvalue weighted by Crippen LogP contribution is -2.49. The maximum Gasteiger partial charge on any atom is 0.225 e. The molecule has 1 fully saturated rings. The Hall–Kier alpha value is -3.64. The Morgan fingerprint density at radius 3 is 2.49 bits per heavy atom. The molecule has 37 heavy (non-hydrogen) atoms. The van der Waals surface area contributed by atoms with Crippen LogP contribution in [0.2, 0.25) is 0 Å². The van der Waals surface area contributed by atoms with Gasteiger partial charge in [-0.3, -0.25) is 9.69 Å². The molecular formula is C31H36N4O2. The molecule has 1 aliphatic heterocycles. The van der Waals surface area contributed by atoms with Crippen LogP contribution in [0.4, 0.5) is 0 Å². The van der Waals surface area contributed by atoms with Gasteiger partial charge in [-0.05, 0) is 54.8 Å². The van der Waals surface area contributed by atoms with Crippen LogP contribution in [0.3, 0.4) is 0 Å². The predicted octanol–water partition coefficient (Wildman–Crippen LogP) is 5.59. The number of rotatable bonds is 6. The van der Waals surface area contributed by atoms with Crippen molar-refractivity contribution in [3.63, 3.8) is 0 Å². The summed E-state index contributed by atoms with van der Waals surface area (Å²) in [5.41, 5.74) is 9.01. The molecule has 5 rings (SSSR count). The number of hydrogen-bond donors (Lipinski definition) is 0. The minimum Gasteiger partial charge on any atom is -0.497 e. The minimum atomic E-state index is 0.0356. The number of pyridine rings is 1. The number of carbonyl (C=O) groups is 1. The van der Waals surface area contributed by atoms with Gasteiger partial charge in [-0.1, -0.05) is 49.7 Å². The van der Waals surface area contributed by atoms with E-state index in [0.717, 1.165) is 61.1 Å². The number of hydrogen-bond acceptors (Lipinski definition) is 4. The molecule has 6 heteroatoms. The first kappa shape index (κ1) is 25.0. The summed E-state index contributed by atoms with van der Waals surface area (Å²) in [6.45, 7) is 12.2. The second-order valence-electron chi connectivity index (χ2n) is 10.4. The molecule has 0 bridgehead atoms. The molecule has 0 N–H and O–H groups in total. The number of nitrogens with zero attached hydrogens (tertiary/aromatic N) is 4. The molecule has 0 spiro atoms. The lowest BCUT2D eigenvalue weighted by atomic mass is 10.00. The third-order valence-electron chi connectivity index (χ3n) is 7.32. The van der Waals surface area contributed by atoms with Crippen molar-refractivity contribution in [2.75, 3.05) is 33.3 Å². The van der Waals surface area contributed by atoms with Crippen LogP contribution in [0.15, 0.2) is 60.8 Å². The van der Waals surface area contributed by atoms with Gasteiger partial charge in [-0.15, -0.1) is 0 Å². The van der Waals surface area contributed by atoms with E-state index in [9.17, 15) is 4.79 Å². The third-order valence-corrected chi connectivity index (χ3v) is 7.32. The Bertz CT molecular complexity index is 1430. The van der Waals surface area contributed by atoms with Crippen LogP contribution in [0.5, 0.6) is 5.75 Å². The molecule has 0 atom stereocenters. The van der Waals surface area contributed by atoms with Gasteiger partial charge < -0.3 is 14.0 Å². The van der Waals surface area contributed by atoms with Crippen molar-refractivity contribution in [3.8, 4) is 28.1 Å². The Kier molecular flexibility index (Phi) is 7.02. The molecule has 4 aromatic rings. The molecule has 2 aromatic carbocycles. The third kappa shape index (κ3) is 5.12. The molecule has 1 aliphatic rings. The summed E-state index contributed by atoms with van der Waals surface area (Å²) in [5, 5.41) is 0. The van der Waals surface area contributed by atoms with Gasteiger partial charge in [-0.25, -0.2) is 4.98 Å². The number of methoxy groups -OCH3 is 1. The van der Waals surface area contributed by atoms with Crippen molar-refractivity contribution in [2.24, 2.45) is 5.92 Å². The lowest BCUT2D eigenvalue weighted by Gasteiger charge is -2.35. The SMILES string of the molecule is COc1cccc(-c2nc3ccc(-c4cc(C)ccc4C)cn3c2CN2CCN(C(=O)C(C)C)CC2)c1. The minimum absolute atomic E-state index is 0.0356. The first-order valence-electron chi connectivity index (χ1n) is 13.1. The fourth-order valence-electron chi connectivity index (χ4n) is 5.16. The molecule has 192 valence electrons. The van der Waals surface area contributed by atoms with E-state index in [1.807, 2.05) is 30.9 Å². The Labute approximate surface area is 219 Å². The second-order valence-corrected chi connectivity index (χ2v) is 10.4. The molecule has 0 radical (unpaired) electrons. The zero-order valence-corrected chi connectivity index (χ0v) is 22.5. The monoisotopic (exact) mass is 496 g/mol. The van der Waals surface area contributed by atoms with E-state index in [1.54, 1.807) is 7.11 Å². The van der Waals surface area contributed by atoms with E-state index in [0.29, 0.717) is 0 Å². The average molecular weight is 497 g/mol. The smallest absolute Gasteiger partial charge is 0.225 e. The fraction of sp³-hybridized carbons (Fsp3) is 0.355. The topological polar surface area (TPSA) is 50.1 Å². The quantitative estimate of drug-likeness (QED) is 0.349. The number of fused-ring (bicyclic) bond motifs is 1. The summed E-state index contributed by atoms with van der Waals surface area (Å²) in [7, 11) is 1.69. The lowest BCUT2D eigenvalue weighted by molar-refractivity contribution is -0.136. The van der Waals surface area contributed by atoms with Crippen LogP contribution in [-0.2, 0) is 11.3 Å². The van der Waals surface area contributed by atoms with Crippen LogP contribution >= 0.6 is 0 Å². The van der Waals surface area contributed by atoms with Gasteiger partial charge in [-0.2, -0.15) is 0 Å². The van der Waals surface area contributed by atoms with E-state index in [1.165, 1.54) is 22.3 Å². The number of carbonyl (C=O) groups excluding carboxylic acids is 1. The summed E-state index contributed by atoms with van der Waals surface area (Å²) in [6, 6.07) is 19.0. The summed E-state index contributed by atoms with van der Waals surface area (Å²) >= 11 is 0. The highest BCUT2D eigenvalue weighted by Gasteiger charge is 2.25. The molecule has 0 saturated carbocycles. The van der Waals surface area contributed by atoms with Crippen molar-refractivity contribution < 1.29 is 9.53 Å². The molecule has 0 unspecified atom stereocenters. The summed E-state index contributed by atoms with van der Waals surface area (Å²) in [5.74, 6) is 1.09. The van der Waals surface area contributed by atoms with Gasteiger partial charge in [0.25, 0.3) is 0 Å². The Morgan fingerprint density at radius 2 is 1.76 bits per heavy atom. The molecule has 6 nitrogen and oxygen atoms in total. The molecule has 0 aliphatic carbocycles. The van der Waals surface area contributed by atoms with Gasteiger partial charge in [0.2, 0.25) is 5.91 Å². The maximum absolute atomic E-state index is 12.5. The van der Waals surface area contributed by atoms with Gasteiger partial charge >= 0.3 is 0 Å². The van der Waals surface area contributed by atoms with Crippen molar-refractivity contribution in [1.82, 2.24) is 19.2 Å². The van der Waals surface area contributed by atoms with E-state index in [-0.39, 0.29) is 11.8 Å². The molecule has 2 aromatic heterocycles.